The van der Waals surface area contributed by atoms with Crippen molar-refractivity contribution in [3.05, 3.63) is 60.7 Å². The number of hydrogen-bond donors (Lipinski definition) is 0. The van der Waals surface area contributed by atoms with Gasteiger partial charge in [-0.15, -0.1) is 11.8 Å². The van der Waals surface area contributed by atoms with Gasteiger partial charge in [-0.05, 0) is 21.8 Å². The van der Waals surface area contributed by atoms with Crippen LogP contribution in [-0.2, 0) is 4.43 Å². The molecule has 0 heterocycles. The van der Waals surface area contributed by atoms with Gasteiger partial charge in [-0.25, -0.2) is 0 Å². The molecular weight excluding hydrogens is 320 g/mol. The van der Waals surface area contributed by atoms with Crippen LogP contribution in [0.15, 0.2) is 60.7 Å². The Morgan fingerprint density at radius 1 is 0.840 bits per heavy atom. The predicted octanol–water partition coefficient (Wildman–Crippen LogP) is 4.76. The van der Waals surface area contributed by atoms with Gasteiger partial charge in [0.25, 0.3) is 8.32 Å². The van der Waals surface area contributed by atoms with Crippen LogP contribution in [0.2, 0.25) is 5.04 Å². The molecular formula is C23H30OSi. The first kappa shape index (κ1) is 19.5. The van der Waals surface area contributed by atoms with E-state index in [0.717, 1.165) is 25.9 Å². The van der Waals surface area contributed by atoms with Crippen molar-refractivity contribution in [3.63, 3.8) is 0 Å². The summed E-state index contributed by atoms with van der Waals surface area (Å²) < 4.78 is 6.82. The third-order valence-corrected chi connectivity index (χ3v) is 9.53. The molecule has 0 fully saturated rings. The minimum absolute atomic E-state index is 0.0464. The van der Waals surface area contributed by atoms with E-state index in [-0.39, 0.29) is 5.04 Å². The Hall–Kier alpha value is -1.82. The molecule has 0 N–H and O–H groups in total. The third kappa shape index (κ3) is 4.63. The topological polar surface area (TPSA) is 9.23 Å². The van der Waals surface area contributed by atoms with Gasteiger partial charge in [0.05, 0.1) is 0 Å². The molecule has 0 amide bonds. The molecule has 0 aliphatic heterocycles. The van der Waals surface area contributed by atoms with Crippen LogP contribution in [0.5, 0.6) is 0 Å². The Labute approximate surface area is 154 Å². The van der Waals surface area contributed by atoms with Gasteiger partial charge in [0.1, 0.15) is 0 Å². The lowest BCUT2D eigenvalue weighted by atomic mass is 10.2. The average Bonchev–Trinajstić information content (AvgIpc) is 2.62. The van der Waals surface area contributed by atoms with Crippen molar-refractivity contribution in [1.29, 1.82) is 0 Å². The fourth-order valence-corrected chi connectivity index (χ4v) is 7.97. The number of unbranched alkanes of at least 4 members (excludes halogenated alkanes) is 1. The minimum atomic E-state index is -2.37. The fraction of sp³-hybridized carbons (Fsp3) is 0.391. The highest BCUT2D eigenvalue weighted by molar-refractivity contribution is 6.99. The first-order valence-electron chi connectivity index (χ1n) is 9.23. The van der Waals surface area contributed by atoms with Gasteiger partial charge in [0.15, 0.2) is 0 Å². The maximum atomic E-state index is 6.82. The molecule has 0 saturated heterocycles. The molecule has 0 unspecified atom stereocenters. The highest BCUT2D eigenvalue weighted by atomic mass is 28.4. The number of benzene rings is 2. The van der Waals surface area contributed by atoms with Gasteiger partial charge >= 0.3 is 0 Å². The molecule has 0 bridgehead atoms. The van der Waals surface area contributed by atoms with E-state index < -0.39 is 8.32 Å². The summed E-state index contributed by atoms with van der Waals surface area (Å²) in [5, 5.41) is 2.73. The number of hydrogen-bond acceptors (Lipinski definition) is 1. The molecule has 2 heteroatoms. The fourth-order valence-electron chi connectivity index (χ4n) is 3.36. The average molecular weight is 351 g/mol. The SMILES string of the molecule is CCC#CCCCO[Si](c1ccccc1)(c1ccccc1)C(C)(C)C. The Kier molecular flexibility index (Phi) is 7.05. The van der Waals surface area contributed by atoms with Gasteiger partial charge in [0, 0.05) is 19.4 Å². The van der Waals surface area contributed by atoms with E-state index in [1.54, 1.807) is 0 Å². The van der Waals surface area contributed by atoms with Gasteiger partial charge in [-0.3, -0.25) is 0 Å². The lowest BCUT2D eigenvalue weighted by Gasteiger charge is -2.43. The van der Waals surface area contributed by atoms with Crippen LogP contribution in [0.3, 0.4) is 0 Å². The largest absolute Gasteiger partial charge is 0.407 e. The van der Waals surface area contributed by atoms with Crippen LogP contribution in [0.25, 0.3) is 0 Å². The summed E-state index contributed by atoms with van der Waals surface area (Å²) in [6.45, 7) is 9.79. The first-order valence-corrected chi connectivity index (χ1v) is 11.1. The molecule has 0 saturated carbocycles. The Bertz CT molecular complexity index is 650. The van der Waals surface area contributed by atoms with Crippen molar-refractivity contribution in [2.24, 2.45) is 0 Å². The van der Waals surface area contributed by atoms with Crippen LogP contribution in [0.1, 0.15) is 47.0 Å². The van der Waals surface area contributed by atoms with E-state index in [2.05, 4.69) is 100 Å². The monoisotopic (exact) mass is 350 g/mol. The Balaban J connectivity index is 2.39. The van der Waals surface area contributed by atoms with Crippen molar-refractivity contribution in [2.75, 3.05) is 6.61 Å². The molecule has 0 atom stereocenters. The predicted molar refractivity (Wildman–Crippen MR) is 111 cm³/mol. The normalized spacial score (nSPS) is 11.7. The summed E-state index contributed by atoms with van der Waals surface area (Å²) in [5.74, 6) is 6.37. The maximum Gasteiger partial charge on any atom is 0.261 e. The van der Waals surface area contributed by atoms with Crippen LogP contribution in [0.4, 0.5) is 0 Å². The van der Waals surface area contributed by atoms with E-state index in [0.29, 0.717) is 0 Å². The second-order valence-corrected chi connectivity index (χ2v) is 11.6. The van der Waals surface area contributed by atoms with Crippen LogP contribution in [-0.4, -0.2) is 14.9 Å². The second kappa shape index (κ2) is 9.04. The van der Waals surface area contributed by atoms with Crippen LogP contribution in [0, 0.1) is 11.8 Å². The van der Waals surface area contributed by atoms with Crippen molar-refractivity contribution in [2.45, 2.75) is 52.0 Å². The molecule has 25 heavy (non-hydrogen) atoms. The van der Waals surface area contributed by atoms with Gasteiger partial charge in [0.2, 0.25) is 0 Å². The van der Waals surface area contributed by atoms with Gasteiger partial charge in [-0.1, -0.05) is 88.4 Å². The molecule has 2 aromatic carbocycles. The van der Waals surface area contributed by atoms with Crippen LogP contribution >= 0.6 is 0 Å². The van der Waals surface area contributed by atoms with E-state index in [1.807, 2.05) is 0 Å². The zero-order valence-corrected chi connectivity index (χ0v) is 17.0. The molecule has 0 aliphatic carbocycles. The van der Waals surface area contributed by atoms with E-state index in [1.165, 1.54) is 10.4 Å². The maximum absolute atomic E-state index is 6.82. The molecule has 0 aliphatic rings. The highest BCUT2D eigenvalue weighted by Gasteiger charge is 2.49. The second-order valence-electron chi connectivity index (χ2n) is 7.32. The Morgan fingerprint density at radius 3 is 1.80 bits per heavy atom. The molecule has 2 aromatic rings. The summed E-state index contributed by atoms with van der Waals surface area (Å²) in [5.41, 5.74) is 0. The molecule has 0 radical (unpaired) electrons. The van der Waals surface area contributed by atoms with Crippen molar-refractivity contribution in [1.82, 2.24) is 0 Å². The lowest BCUT2D eigenvalue weighted by molar-refractivity contribution is 0.293. The zero-order valence-electron chi connectivity index (χ0n) is 16.0. The van der Waals surface area contributed by atoms with E-state index >= 15 is 0 Å². The smallest absolute Gasteiger partial charge is 0.261 e. The minimum Gasteiger partial charge on any atom is -0.407 e. The molecule has 1 nitrogen and oxygen atoms in total. The van der Waals surface area contributed by atoms with Crippen molar-refractivity contribution in [3.8, 4) is 11.8 Å². The van der Waals surface area contributed by atoms with Gasteiger partial charge in [-0.2, -0.15) is 0 Å². The lowest BCUT2D eigenvalue weighted by Crippen LogP contribution is -2.66. The highest BCUT2D eigenvalue weighted by Crippen LogP contribution is 2.36. The standard InChI is InChI=1S/C23H30OSi/c1-5-6-7-8-15-20-24-25(23(2,3)4,21-16-11-9-12-17-21)22-18-13-10-14-19-22/h9-14,16-19H,5,8,15,20H2,1-4H3. The summed E-state index contributed by atoms with van der Waals surface area (Å²) in [6, 6.07) is 21.6. The summed E-state index contributed by atoms with van der Waals surface area (Å²) in [4.78, 5) is 0. The quantitative estimate of drug-likeness (QED) is 0.415. The Morgan fingerprint density at radius 2 is 1.36 bits per heavy atom. The zero-order chi connectivity index (χ0) is 18.2. The van der Waals surface area contributed by atoms with Gasteiger partial charge < -0.3 is 4.43 Å². The summed E-state index contributed by atoms with van der Waals surface area (Å²) in [6.07, 6.45) is 2.82. The van der Waals surface area contributed by atoms with Crippen molar-refractivity contribution >= 4 is 18.7 Å². The van der Waals surface area contributed by atoms with Crippen molar-refractivity contribution < 1.29 is 4.43 Å². The molecule has 0 spiro atoms. The summed E-state index contributed by atoms with van der Waals surface area (Å²) in [7, 11) is -2.37. The number of rotatable bonds is 6. The van der Waals surface area contributed by atoms with Crippen LogP contribution < -0.4 is 10.4 Å². The third-order valence-electron chi connectivity index (χ3n) is 4.48. The summed E-state index contributed by atoms with van der Waals surface area (Å²) >= 11 is 0. The molecule has 132 valence electrons. The molecule has 0 aromatic heterocycles. The van der Waals surface area contributed by atoms with E-state index in [4.69, 9.17) is 4.43 Å². The first-order chi connectivity index (χ1) is 12.0. The van der Waals surface area contributed by atoms with E-state index in [9.17, 15) is 0 Å². The molecule has 2 rings (SSSR count).